The fraction of sp³-hybridized carbons (Fsp3) is 0.308. The first kappa shape index (κ1) is 11.5. The lowest BCUT2D eigenvalue weighted by Gasteiger charge is -1.98. The van der Waals surface area contributed by atoms with E-state index in [0.29, 0.717) is 0 Å². The Kier molecular flexibility index (Phi) is 4.61. The first-order valence-corrected chi connectivity index (χ1v) is 5.23. The van der Waals surface area contributed by atoms with Crippen molar-refractivity contribution >= 4 is 0 Å². The summed E-state index contributed by atoms with van der Waals surface area (Å²) in [6.45, 7) is 6.50. The summed E-state index contributed by atoms with van der Waals surface area (Å²) >= 11 is 0. The van der Waals surface area contributed by atoms with Crippen molar-refractivity contribution in [2.45, 2.75) is 20.8 Å². The molecule has 0 aliphatic heterocycles. The van der Waals surface area contributed by atoms with Crippen LogP contribution in [0, 0.1) is 5.92 Å². The third-order valence-electron chi connectivity index (χ3n) is 1.56. The minimum absolute atomic E-state index is 0.833. The zero-order valence-corrected chi connectivity index (χ0v) is 9.59. The van der Waals surface area contributed by atoms with E-state index in [0.717, 1.165) is 11.6 Å². The zero-order chi connectivity index (χ0) is 11.1. The van der Waals surface area contributed by atoms with Gasteiger partial charge < -0.3 is 4.57 Å². The molecule has 0 N–H and O–H groups in total. The van der Waals surface area contributed by atoms with Crippen LogP contribution < -0.4 is 0 Å². The highest BCUT2D eigenvalue weighted by Crippen LogP contribution is 2.04. The maximum Gasteiger partial charge on any atom is 0.0991 e. The van der Waals surface area contributed by atoms with Gasteiger partial charge in [0.05, 0.1) is 6.33 Å². The second kappa shape index (κ2) is 6.02. The molecule has 1 heterocycles. The van der Waals surface area contributed by atoms with E-state index < -0.39 is 0 Å². The summed E-state index contributed by atoms with van der Waals surface area (Å²) in [6, 6.07) is 10.1. The van der Waals surface area contributed by atoms with Crippen molar-refractivity contribution in [2.24, 2.45) is 5.92 Å². The van der Waals surface area contributed by atoms with Crippen LogP contribution in [0.25, 0.3) is 5.69 Å². The van der Waals surface area contributed by atoms with Gasteiger partial charge in [0.25, 0.3) is 0 Å². The second-order valence-corrected chi connectivity index (χ2v) is 4.04. The van der Waals surface area contributed by atoms with E-state index in [1.807, 2.05) is 41.1 Å². The Morgan fingerprint density at radius 2 is 1.67 bits per heavy atom. The van der Waals surface area contributed by atoms with Crippen molar-refractivity contribution in [3.63, 3.8) is 0 Å². The van der Waals surface area contributed by atoms with E-state index in [1.54, 1.807) is 12.5 Å². The molecule has 0 fully saturated rings. The van der Waals surface area contributed by atoms with Gasteiger partial charge in [-0.05, 0) is 18.1 Å². The molecule has 2 aromatic rings. The topological polar surface area (TPSA) is 17.8 Å². The van der Waals surface area contributed by atoms with E-state index in [9.17, 15) is 0 Å². The zero-order valence-electron chi connectivity index (χ0n) is 9.59. The highest BCUT2D eigenvalue weighted by molar-refractivity contribution is 5.30. The van der Waals surface area contributed by atoms with Gasteiger partial charge in [0, 0.05) is 18.1 Å². The Hall–Kier alpha value is -1.57. The summed E-state index contributed by atoms with van der Waals surface area (Å²) in [6.07, 6.45) is 5.48. The number of rotatable bonds is 1. The van der Waals surface area contributed by atoms with E-state index in [4.69, 9.17) is 0 Å². The van der Waals surface area contributed by atoms with Gasteiger partial charge in [-0.15, -0.1) is 0 Å². The molecule has 1 aromatic carbocycles. The van der Waals surface area contributed by atoms with Gasteiger partial charge in [-0.25, -0.2) is 4.98 Å². The van der Waals surface area contributed by atoms with E-state index in [1.165, 1.54) is 0 Å². The maximum absolute atomic E-state index is 3.96. The molecule has 1 aromatic heterocycles. The average molecular weight is 202 g/mol. The highest BCUT2D eigenvalue weighted by Gasteiger charge is 1.89. The summed E-state index contributed by atoms with van der Waals surface area (Å²) in [4.78, 5) is 3.96. The predicted molar refractivity (Wildman–Crippen MR) is 64.1 cm³/mol. The molecule has 0 spiro atoms. The van der Waals surface area contributed by atoms with Crippen molar-refractivity contribution in [3.05, 3.63) is 49.1 Å². The number of para-hydroxylation sites is 1. The van der Waals surface area contributed by atoms with Gasteiger partial charge in [0.1, 0.15) is 0 Å². The highest BCUT2D eigenvalue weighted by atomic mass is 15.0. The van der Waals surface area contributed by atoms with Crippen LogP contribution in [0.1, 0.15) is 20.8 Å². The minimum atomic E-state index is 0.833. The van der Waals surface area contributed by atoms with Crippen molar-refractivity contribution in [1.29, 1.82) is 0 Å². The van der Waals surface area contributed by atoms with Crippen LogP contribution in [-0.2, 0) is 0 Å². The Bertz CT molecular complexity index is 347. The molecule has 2 heteroatoms. The monoisotopic (exact) mass is 202 g/mol. The third-order valence-corrected chi connectivity index (χ3v) is 1.56. The van der Waals surface area contributed by atoms with Crippen molar-refractivity contribution in [2.75, 3.05) is 0 Å². The molecule has 80 valence electrons. The lowest BCUT2D eigenvalue weighted by atomic mass is 10.3. The molecule has 2 rings (SSSR count). The summed E-state index contributed by atoms with van der Waals surface area (Å²) in [7, 11) is 0. The Morgan fingerprint density at radius 1 is 1.07 bits per heavy atom. The van der Waals surface area contributed by atoms with Gasteiger partial charge in [-0.2, -0.15) is 0 Å². The van der Waals surface area contributed by atoms with Crippen LogP contribution in [-0.4, -0.2) is 9.55 Å². The third kappa shape index (κ3) is 4.45. The van der Waals surface area contributed by atoms with Crippen LogP contribution in [0.4, 0.5) is 0 Å². The molecule has 0 amide bonds. The molecular weight excluding hydrogens is 184 g/mol. The largest absolute Gasteiger partial charge is 0.306 e. The summed E-state index contributed by atoms with van der Waals surface area (Å²) in [5, 5.41) is 0. The molecular formula is C13H18N2. The van der Waals surface area contributed by atoms with Gasteiger partial charge in [-0.1, -0.05) is 39.0 Å². The summed E-state index contributed by atoms with van der Waals surface area (Å²) < 4.78 is 1.97. The van der Waals surface area contributed by atoms with Crippen molar-refractivity contribution in [1.82, 2.24) is 9.55 Å². The quantitative estimate of drug-likeness (QED) is 0.691. The molecule has 0 aliphatic rings. The predicted octanol–water partition coefficient (Wildman–Crippen LogP) is 3.53. The number of benzene rings is 1. The Labute approximate surface area is 91.6 Å². The van der Waals surface area contributed by atoms with Crippen LogP contribution in [0.15, 0.2) is 49.1 Å². The minimum Gasteiger partial charge on any atom is -0.306 e. The molecule has 0 saturated carbocycles. The average Bonchev–Trinajstić information content (AvgIpc) is 2.71. The lowest BCUT2D eigenvalue weighted by molar-refractivity contribution is 0.737. The van der Waals surface area contributed by atoms with Crippen molar-refractivity contribution < 1.29 is 0 Å². The van der Waals surface area contributed by atoms with Gasteiger partial charge >= 0.3 is 0 Å². The number of hydrogen-bond donors (Lipinski definition) is 0. The second-order valence-electron chi connectivity index (χ2n) is 4.04. The fourth-order valence-corrected chi connectivity index (χ4v) is 1.01. The van der Waals surface area contributed by atoms with Crippen LogP contribution >= 0.6 is 0 Å². The van der Waals surface area contributed by atoms with E-state index in [-0.39, 0.29) is 0 Å². The van der Waals surface area contributed by atoms with Gasteiger partial charge in [0.2, 0.25) is 0 Å². The fourth-order valence-electron chi connectivity index (χ4n) is 1.01. The molecule has 0 saturated heterocycles. The number of imidazole rings is 1. The normalized spacial score (nSPS) is 9.60. The van der Waals surface area contributed by atoms with Crippen molar-refractivity contribution in [3.8, 4) is 5.69 Å². The van der Waals surface area contributed by atoms with Crippen LogP contribution in [0.2, 0.25) is 0 Å². The van der Waals surface area contributed by atoms with Gasteiger partial charge in [0.15, 0.2) is 0 Å². The Balaban J connectivity index is 0.000000245. The number of hydrogen-bond acceptors (Lipinski definition) is 1. The molecule has 15 heavy (non-hydrogen) atoms. The number of nitrogens with zero attached hydrogens (tertiary/aromatic N) is 2. The molecule has 0 atom stereocenters. The van der Waals surface area contributed by atoms with E-state index >= 15 is 0 Å². The smallest absolute Gasteiger partial charge is 0.0991 e. The van der Waals surface area contributed by atoms with Crippen LogP contribution in [0.5, 0.6) is 0 Å². The SMILES string of the molecule is CC(C)C.c1ccc(-n2ccnc2)cc1. The Morgan fingerprint density at radius 3 is 2.13 bits per heavy atom. The summed E-state index contributed by atoms with van der Waals surface area (Å²) in [5.41, 5.74) is 1.14. The van der Waals surface area contributed by atoms with E-state index in [2.05, 4.69) is 25.8 Å². The standard InChI is InChI=1S/C9H8N2.C4H10/c1-2-4-9(5-3-1)11-7-6-10-8-11;1-4(2)3/h1-8H;4H,1-3H3. The number of aromatic nitrogens is 2. The molecule has 2 nitrogen and oxygen atoms in total. The molecule has 0 radical (unpaired) electrons. The summed E-state index contributed by atoms with van der Waals surface area (Å²) in [5.74, 6) is 0.833. The molecule has 0 unspecified atom stereocenters. The first-order chi connectivity index (χ1) is 7.20. The maximum atomic E-state index is 3.96. The first-order valence-electron chi connectivity index (χ1n) is 5.23. The molecule has 0 bridgehead atoms. The lowest BCUT2D eigenvalue weighted by Crippen LogP contribution is -1.87. The van der Waals surface area contributed by atoms with Gasteiger partial charge in [-0.3, -0.25) is 0 Å². The molecule has 0 aliphatic carbocycles. The van der Waals surface area contributed by atoms with Crippen LogP contribution in [0.3, 0.4) is 0 Å².